The van der Waals surface area contributed by atoms with Crippen LogP contribution in [0.2, 0.25) is 0 Å². The van der Waals surface area contributed by atoms with E-state index in [9.17, 15) is 9.59 Å². The maximum atomic E-state index is 11.9. The number of carboxylic acid groups (broad SMARTS) is 1. The summed E-state index contributed by atoms with van der Waals surface area (Å²) in [4.78, 5) is 22.9. The zero-order valence-corrected chi connectivity index (χ0v) is 17.3. The van der Waals surface area contributed by atoms with Gasteiger partial charge in [-0.15, -0.1) is 0 Å². The van der Waals surface area contributed by atoms with Gasteiger partial charge in [0.25, 0.3) is 0 Å². The van der Waals surface area contributed by atoms with Crippen LogP contribution in [0.4, 0.5) is 0 Å². The van der Waals surface area contributed by atoms with Crippen molar-refractivity contribution >= 4 is 11.9 Å². The number of hydrogen-bond donors (Lipinski definition) is 1. The third-order valence-corrected chi connectivity index (χ3v) is 4.81. The highest BCUT2D eigenvalue weighted by atomic mass is 16.5. The second-order valence-corrected chi connectivity index (χ2v) is 7.49. The third-order valence-electron chi connectivity index (χ3n) is 4.81. The Morgan fingerprint density at radius 1 is 0.731 bits per heavy atom. The molecule has 26 heavy (non-hydrogen) atoms. The van der Waals surface area contributed by atoms with E-state index in [4.69, 9.17) is 9.84 Å². The minimum atomic E-state index is -0.887. The molecule has 0 aromatic heterocycles. The fourth-order valence-corrected chi connectivity index (χ4v) is 3.20. The highest BCUT2D eigenvalue weighted by molar-refractivity contribution is 5.71. The second-order valence-electron chi connectivity index (χ2n) is 7.49. The maximum absolute atomic E-state index is 11.9. The zero-order chi connectivity index (χ0) is 19.5. The largest absolute Gasteiger partial charge is 0.481 e. The lowest BCUT2D eigenvalue weighted by molar-refractivity contribution is -0.153. The van der Waals surface area contributed by atoms with E-state index in [1.54, 1.807) is 0 Å². The summed E-state index contributed by atoms with van der Waals surface area (Å²) >= 11 is 0. The van der Waals surface area contributed by atoms with Crippen LogP contribution < -0.4 is 0 Å². The highest BCUT2D eigenvalue weighted by Gasteiger charge is 2.17. The smallest absolute Gasteiger partial charge is 0.307 e. The quantitative estimate of drug-likeness (QED) is 0.204. The first-order chi connectivity index (χ1) is 12.6. The first-order valence-electron chi connectivity index (χ1n) is 11.0. The average Bonchev–Trinajstić information content (AvgIpc) is 2.59. The van der Waals surface area contributed by atoms with E-state index in [2.05, 4.69) is 13.8 Å². The Bertz CT molecular complexity index is 341. The number of rotatable bonds is 19. The molecule has 1 unspecified atom stereocenters. The molecule has 4 nitrogen and oxygen atoms in total. The molecule has 0 heterocycles. The molecule has 0 aliphatic carbocycles. The van der Waals surface area contributed by atoms with Crippen molar-refractivity contribution in [2.45, 2.75) is 129 Å². The number of esters is 1. The minimum Gasteiger partial charge on any atom is -0.481 e. The van der Waals surface area contributed by atoms with Crippen LogP contribution in [-0.2, 0) is 14.3 Å². The lowest BCUT2D eigenvalue weighted by Crippen LogP contribution is -2.21. The van der Waals surface area contributed by atoms with Crippen LogP contribution in [0.15, 0.2) is 0 Å². The van der Waals surface area contributed by atoms with Gasteiger partial charge in [-0.25, -0.2) is 0 Å². The SMILES string of the molecule is CCCCCCCCCCC(CC(=O)O)OC(=O)CCCCCCCC. The molecule has 0 aromatic carbocycles. The number of ether oxygens (including phenoxy) is 1. The number of carbonyl (C=O) groups excluding carboxylic acids is 1. The van der Waals surface area contributed by atoms with Gasteiger partial charge in [-0.05, 0) is 19.3 Å². The number of hydrogen-bond acceptors (Lipinski definition) is 3. The molecule has 0 fully saturated rings. The molecular formula is C22H42O4. The molecule has 0 bridgehead atoms. The molecule has 0 aromatic rings. The molecule has 0 radical (unpaired) electrons. The summed E-state index contributed by atoms with van der Waals surface area (Å²) < 4.78 is 5.43. The topological polar surface area (TPSA) is 63.6 Å². The van der Waals surface area contributed by atoms with Crippen molar-refractivity contribution in [2.75, 3.05) is 0 Å². The van der Waals surface area contributed by atoms with Gasteiger partial charge in [-0.2, -0.15) is 0 Å². The Morgan fingerprint density at radius 3 is 1.69 bits per heavy atom. The van der Waals surface area contributed by atoms with Crippen LogP contribution in [0.5, 0.6) is 0 Å². The Labute approximate surface area is 161 Å². The van der Waals surface area contributed by atoms with E-state index in [1.807, 2.05) is 0 Å². The van der Waals surface area contributed by atoms with Crippen molar-refractivity contribution in [3.63, 3.8) is 0 Å². The van der Waals surface area contributed by atoms with Gasteiger partial charge in [0.1, 0.15) is 6.10 Å². The molecule has 4 heteroatoms. The average molecular weight is 371 g/mol. The van der Waals surface area contributed by atoms with Gasteiger partial charge in [-0.1, -0.05) is 90.9 Å². The third kappa shape index (κ3) is 17.8. The standard InChI is InChI=1S/C22H42O4/c1-3-5-7-9-11-12-13-15-17-20(19-21(23)24)26-22(25)18-16-14-10-8-6-4-2/h20H,3-19H2,1-2H3,(H,23,24). The normalized spacial score (nSPS) is 12.1. The van der Waals surface area contributed by atoms with Crippen LogP contribution in [0.3, 0.4) is 0 Å². The Balaban J connectivity index is 3.83. The summed E-state index contributed by atoms with van der Waals surface area (Å²) in [7, 11) is 0. The lowest BCUT2D eigenvalue weighted by Gasteiger charge is -2.16. The van der Waals surface area contributed by atoms with Gasteiger partial charge in [0, 0.05) is 6.42 Å². The van der Waals surface area contributed by atoms with Gasteiger partial charge >= 0.3 is 11.9 Å². The van der Waals surface area contributed by atoms with E-state index < -0.39 is 12.1 Å². The van der Waals surface area contributed by atoms with E-state index in [1.165, 1.54) is 57.8 Å². The molecule has 0 spiro atoms. The summed E-state index contributed by atoms with van der Waals surface area (Å²) in [5, 5.41) is 9.03. The number of unbranched alkanes of at least 4 members (excludes halogenated alkanes) is 12. The molecule has 0 aliphatic rings. The van der Waals surface area contributed by atoms with Crippen molar-refractivity contribution in [3.05, 3.63) is 0 Å². The molecule has 0 saturated heterocycles. The summed E-state index contributed by atoms with van der Waals surface area (Å²) in [6.07, 6.45) is 17.0. The molecule has 154 valence electrons. The fraction of sp³-hybridized carbons (Fsp3) is 0.909. The zero-order valence-electron chi connectivity index (χ0n) is 17.3. The first kappa shape index (κ1) is 24.9. The predicted octanol–water partition coefficient (Wildman–Crippen LogP) is 6.65. The van der Waals surface area contributed by atoms with Crippen molar-refractivity contribution < 1.29 is 19.4 Å². The minimum absolute atomic E-state index is 0.0707. The van der Waals surface area contributed by atoms with Crippen LogP contribution in [0.1, 0.15) is 123 Å². The molecule has 0 rings (SSSR count). The van der Waals surface area contributed by atoms with E-state index >= 15 is 0 Å². The molecule has 1 atom stereocenters. The van der Waals surface area contributed by atoms with Crippen LogP contribution in [0.25, 0.3) is 0 Å². The summed E-state index contributed by atoms with van der Waals surface area (Å²) in [5.74, 6) is -1.12. The monoisotopic (exact) mass is 370 g/mol. The lowest BCUT2D eigenvalue weighted by atomic mass is 10.0. The van der Waals surface area contributed by atoms with Gasteiger partial charge in [0.05, 0.1) is 6.42 Å². The number of carbonyl (C=O) groups is 2. The number of aliphatic carboxylic acids is 1. The molecule has 1 N–H and O–H groups in total. The van der Waals surface area contributed by atoms with Gasteiger partial charge < -0.3 is 9.84 Å². The van der Waals surface area contributed by atoms with Gasteiger partial charge in [0.2, 0.25) is 0 Å². The van der Waals surface area contributed by atoms with Crippen LogP contribution in [0, 0.1) is 0 Å². The number of carboxylic acids is 1. The van der Waals surface area contributed by atoms with Crippen molar-refractivity contribution in [1.82, 2.24) is 0 Å². The first-order valence-corrected chi connectivity index (χ1v) is 11.0. The Morgan fingerprint density at radius 2 is 1.19 bits per heavy atom. The van der Waals surface area contributed by atoms with Crippen molar-refractivity contribution in [2.24, 2.45) is 0 Å². The van der Waals surface area contributed by atoms with Crippen molar-refractivity contribution in [1.29, 1.82) is 0 Å². The van der Waals surface area contributed by atoms with Crippen molar-refractivity contribution in [3.8, 4) is 0 Å². The van der Waals surface area contributed by atoms with E-state index in [-0.39, 0.29) is 12.4 Å². The van der Waals surface area contributed by atoms with Gasteiger partial charge in [-0.3, -0.25) is 9.59 Å². The van der Waals surface area contributed by atoms with Crippen LogP contribution >= 0.6 is 0 Å². The fourth-order valence-electron chi connectivity index (χ4n) is 3.20. The summed E-state index contributed by atoms with van der Waals surface area (Å²) in [5.41, 5.74) is 0. The second kappa shape index (κ2) is 18.7. The summed E-state index contributed by atoms with van der Waals surface area (Å²) in [6, 6.07) is 0. The molecule has 0 aliphatic heterocycles. The Hall–Kier alpha value is -1.06. The molecular weight excluding hydrogens is 328 g/mol. The van der Waals surface area contributed by atoms with E-state index in [0.717, 1.165) is 32.1 Å². The van der Waals surface area contributed by atoms with E-state index in [0.29, 0.717) is 12.8 Å². The molecule has 0 amide bonds. The highest BCUT2D eigenvalue weighted by Crippen LogP contribution is 2.15. The maximum Gasteiger partial charge on any atom is 0.307 e. The van der Waals surface area contributed by atoms with Gasteiger partial charge in [0.15, 0.2) is 0 Å². The predicted molar refractivity (Wildman–Crippen MR) is 107 cm³/mol. The molecule has 0 saturated carbocycles. The van der Waals surface area contributed by atoms with Crippen LogP contribution in [-0.4, -0.2) is 23.1 Å². The summed E-state index contributed by atoms with van der Waals surface area (Å²) in [6.45, 7) is 4.41. The Kier molecular flexibility index (Phi) is 18.0.